The zero-order chi connectivity index (χ0) is 20.4. The second-order valence-electron chi connectivity index (χ2n) is 7.09. The van der Waals surface area contributed by atoms with Crippen molar-refractivity contribution in [2.75, 3.05) is 38.8 Å². The van der Waals surface area contributed by atoms with Crippen LogP contribution in [0.2, 0.25) is 0 Å². The highest BCUT2D eigenvalue weighted by molar-refractivity contribution is 6.36. The summed E-state index contributed by atoms with van der Waals surface area (Å²) >= 11 is 0. The van der Waals surface area contributed by atoms with E-state index in [9.17, 15) is 9.59 Å². The molecule has 2 aromatic carbocycles. The molecule has 0 saturated carbocycles. The first-order valence-electron chi connectivity index (χ1n) is 9.75. The van der Waals surface area contributed by atoms with Crippen LogP contribution in [0.3, 0.4) is 0 Å². The van der Waals surface area contributed by atoms with Crippen molar-refractivity contribution in [1.29, 1.82) is 0 Å². The van der Waals surface area contributed by atoms with Gasteiger partial charge in [-0.25, -0.2) is 0 Å². The molecule has 29 heavy (non-hydrogen) atoms. The number of carbonyl (C=O) groups is 2. The molecule has 0 N–H and O–H groups in total. The molecule has 2 aromatic rings. The predicted molar refractivity (Wildman–Crippen MR) is 111 cm³/mol. The lowest BCUT2D eigenvalue weighted by Crippen LogP contribution is -2.38. The predicted octanol–water partition coefficient (Wildman–Crippen LogP) is 2.87. The molecule has 6 heteroatoms. The fraction of sp³-hybridized carbons (Fsp3) is 0.304. The molecule has 2 aliphatic rings. The van der Waals surface area contributed by atoms with E-state index < -0.39 is 0 Å². The SMILES string of the molecule is COCCN1C(=O)C(c2ccc(OC)cc2)=C(N2CCCc3ccccc32)C1=O. The van der Waals surface area contributed by atoms with Gasteiger partial charge in [-0.15, -0.1) is 0 Å². The van der Waals surface area contributed by atoms with Gasteiger partial charge in [0.15, 0.2) is 0 Å². The van der Waals surface area contributed by atoms with E-state index in [2.05, 4.69) is 6.07 Å². The third-order valence-electron chi connectivity index (χ3n) is 5.42. The van der Waals surface area contributed by atoms with Gasteiger partial charge in [-0.2, -0.15) is 0 Å². The summed E-state index contributed by atoms with van der Waals surface area (Å²) in [6, 6.07) is 15.3. The van der Waals surface area contributed by atoms with E-state index in [-0.39, 0.29) is 18.4 Å². The van der Waals surface area contributed by atoms with Crippen molar-refractivity contribution < 1.29 is 19.1 Å². The normalized spacial score (nSPS) is 16.5. The van der Waals surface area contributed by atoms with Crippen molar-refractivity contribution in [2.24, 2.45) is 0 Å². The summed E-state index contributed by atoms with van der Waals surface area (Å²) in [4.78, 5) is 29.9. The summed E-state index contributed by atoms with van der Waals surface area (Å²) in [5.41, 5.74) is 3.78. The molecule has 0 saturated heterocycles. The molecule has 0 unspecified atom stereocenters. The van der Waals surface area contributed by atoms with Crippen molar-refractivity contribution in [2.45, 2.75) is 12.8 Å². The van der Waals surface area contributed by atoms with Gasteiger partial charge in [0.25, 0.3) is 11.8 Å². The quantitative estimate of drug-likeness (QED) is 0.708. The molecule has 150 valence electrons. The van der Waals surface area contributed by atoms with Crippen molar-refractivity contribution in [3.63, 3.8) is 0 Å². The average molecular weight is 392 g/mol. The van der Waals surface area contributed by atoms with E-state index in [1.165, 1.54) is 10.5 Å². The van der Waals surface area contributed by atoms with Crippen molar-refractivity contribution in [1.82, 2.24) is 4.90 Å². The number of imide groups is 1. The Morgan fingerprint density at radius 1 is 0.966 bits per heavy atom. The van der Waals surface area contributed by atoms with Crippen molar-refractivity contribution in [3.8, 4) is 5.75 Å². The van der Waals surface area contributed by atoms with Crippen molar-refractivity contribution >= 4 is 23.1 Å². The van der Waals surface area contributed by atoms with Crippen LogP contribution in [0.5, 0.6) is 5.75 Å². The van der Waals surface area contributed by atoms with E-state index in [0.717, 1.165) is 18.5 Å². The molecule has 2 aliphatic heterocycles. The number of rotatable bonds is 6. The number of anilines is 1. The fourth-order valence-corrected chi connectivity index (χ4v) is 3.98. The minimum Gasteiger partial charge on any atom is -0.497 e. The summed E-state index contributed by atoms with van der Waals surface area (Å²) in [6.07, 6.45) is 1.89. The molecular weight excluding hydrogens is 368 g/mol. The standard InChI is InChI=1S/C23H24N2O4/c1-28-15-14-25-22(26)20(17-9-11-18(29-2)12-10-17)21(23(25)27)24-13-5-7-16-6-3-4-8-19(16)24/h3-4,6,8-12H,5,7,13-15H2,1-2H3. The number of methoxy groups -OCH3 is 2. The molecule has 6 nitrogen and oxygen atoms in total. The summed E-state index contributed by atoms with van der Waals surface area (Å²) < 4.78 is 10.4. The van der Waals surface area contributed by atoms with Gasteiger partial charge in [0.05, 0.1) is 25.8 Å². The Kier molecular flexibility index (Phi) is 5.36. The van der Waals surface area contributed by atoms with E-state index in [1.54, 1.807) is 26.4 Å². The molecule has 0 aromatic heterocycles. The van der Waals surface area contributed by atoms with Gasteiger partial charge in [0.2, 0.25) is 0 Å². The summed E-state index contributed by atoms with van der Waals surface area (Å²) in [6.45, 7) is 1.23. The maximum Gasteiger partial charge on any atom is 0.278 e. The second kappa shape index (κ2) is 8.09. The minimum absolute atomic E-state index is 0.229. The molecule has 0 bridgehead atoms. The lowest BCUT2D eigenvalue weighted by atomic mass is 9.98. The maximum absolute atomic E-state index is 13.4. The zero-order valence-electron chi connectivity index (χ0n) is 16.7. The van der Waals surface area contributed by atoms with Crippen LogP contribution in [0.25, 0.3) is 5.57 Å². The fourth-order valence-electron chi connectivity index (χ4n) is 3.98. The van der Waals surface area contributed by atoms with E-state index >= 15 is 0 Å². The number of nitrogens with zero attached hydrogens (tertiary/aromatic N) is 2. The molecule has 0 spiro atoms. The lowest BCUT2D eigenvalue weighted by molar-refractivity contribution is -0.137. The number of benzene rings is 2. The second-order valence-corrected chi connectivity index (χ2v) is 7.09. The first-order chi connectivity index (χ1) is 14.2. The summed E-state index contributed by atoms with van der Waals surface area (Å²) in [7, 11) is 3.16. The third kappa shape index (κ3) is 3.40. The Labute approximate surface area is 170 Å². The van der Waals surface area contributed by atoms with Gasteiger partial charge < -0.3 is 14.4 Å². The van der Waals surface area contributed by atoms with Gasteiger partial charge in [-0.1, -0.05) is 30.3 Å². The first-order valence-corrected chi connectivity index (χ1v) is 9.75. The minimum atomic E-state index is -0.282. The monoisotopic (exact) mass is 392 g/mol. The largest absolute Gasteiger partial charge is 0.497 e. The van der Waals surface area contributed by atoms with Crippen molar-refractivity contribution in [3.05, 3.63) is 65.4 Å². The van der Waals surface area contributed by atoms with Crippen LogP contribution in [-0.4, -0.2) is 50.6 Å². The lowest BCUT2D eigenvalue weighted by Gasteiger charge is -2.32. The molecule has 2 amide bonds. The topological polar surface area (TPSA) is 59.1 Å². The molecule has 0 atom stereocenters. The maximum atomic E-state index is 13.4. The molecule has 4 rings (SSSR count). The van der Waals surface area contributed by atoms with Gasteiger partial charge in [0.1, 0.15) is 11.4 Å². The highest BCUT2D eigenvalue weighted by Gasteiger charge is 2.42. The summed E-state index contributed by atoms with van der Waals surface area (Å²) in [5.74, 6) is 0.150. The average Bonchev–Trinajstić information content (AvgIpc) is 3.01. The Morgan fingerprint density at radius 3 is 2.45 bits per heavy atom. The number of para-hydroxylation sites is 1. The molecule has 0 fully saturated rings. The van der Waals surface area contributed by atoms with Crippen LogP contribution < -0.4 is 9.64 Å². The number of fused-ring (bicyclic) bond motifs is 1. The number of hydrogen-bond acceptors (Lipinski definition) is 5. The first kappa shape index (κ1) is 19.2. The Bertz CT molecular complexity index is 965. The Balaban J connectivity index is 1.84. The Morgan fingerprint density at radius 2 is 1.72 bits per heavy atom. The van der Waals surface area contributed by atoms with Gasteiger partial charge in [0, 0.05) is 19.3 Å². The number of carbonyl (C=O) groups excluding carboxylic acids is 2. The van der Waals surface area contributed by atoms with Gasteiger partial charge in [-0.05, 0) is 42.2 Å². The third-order valence-corrected chi connectivity index (χ3v) is 5.42. The number of amides is 2. The Hall–Kier alpha value is -3.12. The smallest absolute Gasteiger partial charge is 0.278 e. The van der Waals surface area contributed by atoms with Gasteiger partial charge in [-0.3, -0.25) is 14.5 Å². The highest BCUT2D eigenvalue weighted by atomic mass is 16.5. The van der Waals surface area contributed by atoms with Crippen LogP contribution in [0.4, 0.5) is 5.69 Å². The zero-order valence-corrected chi connectivity index (χ0v) is 16.7. The van der Waals surface area contributed by atoms with Crippen LogP contribution in [-0.2, 0) is 20.7 Å². The molecule has 0 aliphatic carbocycles. The summed E-state index contributed by atoms with van der Waals surface area (Å²) in [5, 5.41) is 0. The van der Waals surface area contributed by atoms with Gasteiger partial charge >= 0.3 is 0 Å². The molecular formula is C23H24N2O4. The van der Waals surface area contributed by atoms with Crippen LogP contribution in [0.1, 0.15) is 17.5 Å². The van der Waals surface area contributed by atoms with Crippen LogP contribution >= 0.6 is 0 Å². The molecule has 2 heterocycles. The highest BCUT2D eigenvalue weighted by Crippen LogP contribution is 2.38. The number of ether oxygens (including phenoxy) is 2. The van der Waals surface area contributed by atoms with E-state index in [4.69, 9.17) is 9.47 Å². The van der Waals surface area contributed by atoms with E-state index in [0.29, 0.717) is 35.7 Å². The number of hydrogen-bond donors (Lipinski definition) is 0. The molecule has 0 radical (unpaired) electrons. The van der Waals surface area contributed by atoms with Crippen LogP contribution in [0.15, 0.2) is 54.2 Å². The van der Waals surface area contributed by atoms with E-state index in [1.807, 2.05) is 35.2 Å². The number of aryl methyl sites for hydroxylation is 1. The van der Waals surface area contributed by atoms with Crippen LogP contribution in [0, 0.1) is 0 Å².